The van der Waals surface area contributed by atoms with Gasteiger partial charge in [0.1, 0.15) is 5.76 Å². The SMILES string of the molecule is CC(C)(C)c1cnc(CCC(=O)N2C[C@H](C(=O)O)C[C@@H]3COCC[C@H]32)o1. The van der Waals surface area contributed by atoms with Crippen molar-refractivity contribution in [3.05, 3.63) is 17.8 Å². The van der Waals surface area contributed by atoms with Gasteiger partial charge in [0.15, 0.2) is 5.89 Å². The van der Waals surface area contributed by atoms with Crippen molar-refractivity contribution in [3.8, 4) is 0 Å². The number of oxazole rings is 1. The Labute approximate surface area is 153 Å². The number of amides is 1. The number of carboxylic acids is 1. The molecule has 0 radical (unpaired) electrons. The van der Waals surface area contributed by atoms with Crippen molar-refractivity contribution in [3.63, 3.8) is 0 Å². The average molecular weight is 364 g/mol. The van der Waals surface area contributed by atoms with E-state index in [1.165, 1.54) is 0 Å². The fourth-order valence-corrected chi connectivity index (χ4v) is 3.83. The van der Waals surface area contributed by atoms with Crippen LogP contribution in [-0.2, 0) is 26.2 Å². The number of carboxylic acid groups (broad SMARTS) is 1. The average Bonchev–Trinajstić information content (AvgIpc) is 3.08. The first-order valence-electron chi connectivity index (χ1n) is 9.31. The van der Waals surface area contributed by atoms with Crippen LogP contribution in [0.3, 0.4) is 0 Å². The first kappa shape index (κ1) is 18.9. The summed E-state index contributed by atoms with van der Waals surface area (Å²) in [5.41, 5.74) is -0.119. The van der Waals surface area contributed by atoms with E-state index in [2.05, 4.69) is 4.98 Å². The molecule has 2 saturated heterocycles. The molecule has 1 N–H and O–H groups in total. The Hall–Kier alpha value is -1.89. The minimum absolute atomic E-state index is 0.0247. The van der Waals surface area contributed by atoms with Crippen LogP contribution in [0.1, 0.15) is 51.7 Å². The fraction of sp³-hybridized carbons (Fsp3) is 0.737. The number of ether oxygens (including phenoxy) is 1. The number of carbonyl (C=O) groups is 2. The van der Waals surface area contributed by atoms with Gasteiger partial charge in [-0.2, -0.15) is 0 Å². The second-order valence-electron chi connectivity index (χ2n) is 8.38. The number of aromatic nitrogens is 1. The number of piperidine rings is 1. The third-order valence-electron chi connectivity index (χ3n) is 5.35. The molecule has 3 atom stereocenters. The molecule has 0 bridgehead atoms. The van der Waals surface area contributed by atoms with E-state index in [9.17, 15) is 14.7 Å². The minimum atomic E-state index is -0.839. The van der Waals surface area contributed by atoms with Crippen LogP contribution in [-0.4, -0.2) is 52.7 Å². The predicted molar refractivity (Wildman–Crippen MR) is 93.7 cm³/mol. The highest BCUT2D eigenvalue weighted by Gasteiger charge is 2.42. The lowest BCUT2D eigenvalue weighted by Gasteiger charge is -2.46. The molecule has 0 unspecified atom stereocenters. The lowest BCUT2D eigenvalue weighted by Crippen LogP contribution is -2.56. The maximum Gasteiger partial charge on any atom is 0.308 e. The lowest BCUT2D eigenvalue weighted by atomic mass is 9.81. The molecule has 2 aliphatic heterocycles. The molecule has 144 valence electrons. The number of aliphatic carboxylic acids is 1. The monoisotopic (exact) mass is 364 g/mol. The predicted octanol–water partition coefficient (Wildman–Crippen LogP) is 2.24. The molecule has 1 amide bonds. The van der Waals surface area contributed by atoms with E-state index in [0.29, 0.717) is 31.9 Å². The highest BCUT2D eigenvalue weighted by atomic mass is 16.5. The molecule has 3 rings (SSSR count). The smallest absolute Gasteiger partial charge is 0.308 e. The van der Waals surface area contributed by atoms with Gasteiger partial charge in [-0.15, -0.1) is 0 Å². The van der Waals surface area contributed by atoms with Crippen LogP contribution in [0.25, 0.3) is 0 Å². The van der Waals surface area contributed by atoms with E-state index in [0.717, 1.165) is 12.2 Å². The summed E-state index contributed by atoms with van der Waals surface area (Å²) >= 11 is 0. The zero-order valence-electron chi connectivity index (χ0n) is 15.7. The Balaban J connectivity index is 1.65. The Kier molecular flexibility index (Phi) is 5.37. The Morgan fingerprint density at radius 2 is 2.15 bits per heavy atom. The molecular weight excluding hydrogens is 336 g/mol. The number of likely N-dealkylation sites (tertiary alicyclic amines) is 1. The summed E-state index contributed by atoms with van der Waals surface area (Å²) < 4.78 is 11.3. The molecule has 0 spiro atoms. The number of nitrogens with zero attached hydrogens (tertiary/aromatic N) is 2. The van der Waals surface area contributed by atoms with Crippen LogP contribution >= 0.6 is 0 Å². The first-order valence-corrected chi connectivity index (χ1v) is 9.31. The van der Waals surface area contributed by atoms with Crippen molar-refractivity contribution in [2.45, 2.75) is 57.9 Å². The molecule has 2 aliphatic rings. The summed E-state index contributed by atoms with van der Waals surface area (Å²) in [6, 6.07) is 0.0848. The summed E-state index contributed by atoms with van der Waals surface area (Å²) in [5, 5.41) is 9.41. The molecule has 7 heteroatoms. The number of fused-ring (bicyclic) bond motifs is 1. The normalized spacial score (nSPS) is 26.4. The maximum absolute atomic E-state index is 12.8. The molecule has 0 aromatic carbocycles. The van der Waals surface area contributed by atoms with E-state index >= 15 is 0 Å². The molecule has 3 heterocycles. The third-order valence-corrected chi connectivity index (χ3v) is 5.35. The van der Waals surface area contributed by atoms with E-state index in [-0.39, 0.29) is 36.2 Å². The number of hydrogen-bond donors (Lipinski definition) is 1. The zero-order chi connectivity index (χ0) is 18.9. The minimum Gasteiger partial charge on any atom is -0.481 e. The van der Waals surface area contributed by atoms with Crippen LogP contribution in [0.5, 0.6) is 0 Å². The van der Waals surface area contributed by atoms with Crippen LogP contribution in [0, 0.1) is 11.8 Å². The molecule has 2 fully saturated rings. The van der Waals surface area contributed by atoms with Crippen LogP contribution in [0.15, 0.2) is 10.6 Å². The number of hydrogen-bond acceptors (Lipinski definition) is 5. The fourth-order valence-electron chi connectivity index (χ4n) is 3.83. The van der Waals surface area contributed by atoms with Gasteiger partial charge in [0.05, 0.1) is 18.7 Å². The maximum atomic E-state index is 12.8. The van der Waals surface area contributed by atoms with Crippen molar-refractivity contribution in [1.82, 2.24) is 9.88 Å². The van der Waals surface area contributed by atoms with E-state index < -0.39 is 11.9 Å². The van der Waals surface area contributed by atoms with E-state index in [4.69, 9.17) is 9.15 Å². The standard InChI is InChI=1S/C19H28N2O5/c1-19(2,3)15-9-20-16(26-15)4-5-17(22)21-10-12(18(23)24)8-13-11-25-7-6-14(13)21/h9,12-14H,4-8,10-11H2,1-3H3,(H,23,24)/t12-,13-,14-/m1/s1. The number of rotatable bonds is 4. The molecular formula is C19H28N2O5. The van der Waals surface area contributed by atoms with E-state index in [1.807, 2.05) is 20.8 Å². The molecule has 0 saturated carbocycles. The second kappa shape index (κ2) is 7.39. The van der Waals surface area contributed by atoms with Gasteiger partial charge >= 0.3 is 5.97 Å². The summed E-state index contributed by atoms with van der Waals surface area (Å²) in [6.45, 7) is 7.59. The highest BCUT2D eigenvalue weighted by Crippen LogP contribution is 2.33. The van der Waals surface area contributed by atoms with Gasteiger partial charge in [-0.25, -0.2) is 4.98 Å². The van der Waals surface area contributed by atoms with Crippen molar-refractivity contribution >= 4 is 11.9 Å². The van der Waals surface area contributed by atoms with Crippen molar-refractivity contribution in [2.75, 3.05) is 19.8 Å². The van der Waals surface area contributed by atoms with Crippen LogP contribution < -0.4 is 0 Å². The van der Waals surface area contributed by atoms with Crippen LogP contribution in [0.2, 0.25) is 0 Å². The summed E-state index contributed by atoms with van der Waals surface area (Å²) in [5.74, 6) is 0.0811. The summed E-state index contributed by atoms with van der Waals surface area (Å²) in [6.07, 6.45) is 3.78. The quantitative estimate of drug-likeness (QED) is 0.881. The molecule has 7 nitrogen and oxygen atoms in total. The first-order chi connectivity index (χ1) is 12.3. The second-order valence-corrected chi connectivity index (χ2v) is 8.38. The van der Waals surface area contributed by atoms with Gasteiger partial charge in [0, 0.05) is 43.4 Å². The van der Waals surface area contributed by atoms with Gasteiger partial charge < -0.3 is 19.2 Å². The van der Waals surface area contributed by atoms with E-state index in [1.54, 1.807) is 11.1 Å². The lowest BCUT2D eigenvalue weighted by molar-refractivity contribution is -0.154. The topological polar surface area (TPSA) is 92.9 Å². The Morgan fingerprint density at radius 3 is 2.81 bits per heavy atom. The number of carbonyl (C=O) groups excluding carboxylic acids is 1. The Morgan fingerprint density at radius 1 is 1.38 bits per heavy atom. The molecule has 1 aromatic rings. The van der Waals surface area contributed by atoms with Gasteiger partial charge in [0.2, 0.25) is 5.91 Å². The van der Waals surface area contributed by atoms with Gasteiger partial charge in [-0.1, -0.05) is 20.8 Å². The highest BCUT2D eigenvalue weighted by molar-refractivity contribution is 5.78. The van der Waals surface area contributed by atoms with Crippen molar-refractivity contribution in [1.29, 1.82) is 0 Å². The largest absolute Gasteiger partial charge is 0.481 e. The Bertz CT molecular complexity index is 663. The van der Waals surface area contributed by atoms with Crippen molar-refractivity contribution in [2.24, 2.45) is 11.8 Å². The van der Waals surface area contributed by atoms with Gasteiger partial charge in [-0.05, 0) is 12.8 Å². The van der Waals surface area contributed by atoms with Crippen LogP contribution in [0.4, 0.5) is 0 Å². The summed E-state index contributed by atoms with van der Waals surface area (Å²) in [7, 11) is 0. The summed E-state index contributed by atoms with van der Waals surface area (Å²) in [4.78, 5) is 30.3. The zero-order valence-corrected chi connectivity index (χ0v) is 15.7. The third kappa shape index (κ3) is 4.09. The molecule has 26 heavy (non-hydrogen) atoms. The molecule has 1 aromatic heterocycles. The van der Waals surface area contributed by atoms with Gasteiger partial charge in [0.25, 0.3) is 0 Å². The number of aryl methyl sites for hydroxylation is 1. The van der Waals surface area contributed by atoms with Crippen molar-refractivity contribution < 1.29 is 23.8 Å². The van der Waals surface area contributed by atoms with Gasteiger partial charge in [-0.3, -0.25) is 9.59 Å². The molecule has 0 aliphatic carbocycles.